The van der Waals surface area contributed by atoms with Crippen LogP contribution in [-0.4, -0.2) is 29.1 Å². The summed E-state index contributed by atoms with van der Waals surface area (Å²) < 4.78 is 4.29. The summed E-state index contributed by atoms with van der Waals surface area (Å²) >= 11 is 0. The maximum absolute atomic E-state index is 10.0. The van der Waals surface area contributed by atoms with Gasteiger partial charge in [-0.05, 0) is 84.9 Å². The van der Waals surface area contributed by atoms with E-state index in [-0.39, 0.29) is 0 Å². The lowest BCUT2D eigenvalue weighted by Gasteiger charge is -2.19. The number of nitriles is 4. The zero-order valence-corrected chi connectivity index (χ0v) is 33.6. The quantitative estimate of drug-likeness (QED) is 0.160. The van der Waals surface area contributed by atoms with Crippen LogP contribution in [0.2, 0.25) is 0 Å². The number of benzene rings is 7. The standard InChI is InChI=1S/C54H28N10/c55-28-33-11-17-46-42(23-33)43-24-34(29-56)12-18-47(43)63(46)50-27-39(54-61-52(37-7-3-1-4-8-37)60-53(62-54)38-9-5-2-6-10-38)15-16-40(50)41-21-22-59-32-51(41)64-48-19-13-35(30-57)25-44(48)45-26-36(31-58)14-20-49(45)64/h1-27,32H. The molecule has 64 heavy (non-hydrogen) atoms. The fourth-order valence-corrected chi connectivity index (χ4v) is 8.66. The Hall–Kier alpha value is -9.74. The lowest BCUT2D eigenvalue weighted by Crippen LogP contribution is -2.04. The monoisotopic (exact) mass is 816 g/mol. The van der Waals surface area contributed by atoms with Crippen LogP contribution in [0.5, 0.6) is 0 Å². The van der Waals surface area contributed by atoms with E-state index in [1.54, 1.807) is 30.5 Å². The average molecular weight is 817 g/mol. The molecule has 0 saturated heterocycles. The van der Waals surface area contributed by atoms with E-state index in [1.165, 1.54) is 0 Å². The van der Waals surface area contributed by atoms with Gasteiger partial charge in [0.2, 0.25) is 0 Å². The summed E-state index contributed by atoms with van der Waals surface area (Å²) in [7, 11) is 0. The van der Waals surface area contributed by atoms with Gasteiger partial charge in [0.1, 0.15) is 0 Å². The zero-order valence-electron chi connectivity index (χ0n) is 33.6. The van der Waals surface area contributed by atoms with E-state index in [9.17, 15) is 21.0 Å². The van der Waals surface area contributed by atoms with Gasteiger partial charge in [-0.25, -0.2) is 15.0 Å². The van der Waals surface area contributed by atoms with Gasteiger partial charge >= 0.3 is 0 Å². The molecule has 10 nitrogen and oxygen atoms in total. The maximum Gasteiger partial charge on any atom is 0.164 e. The van der Waals surface area contributed by atoms with Crippen LogP contribution in [0.15, 0.2) is 170 Å². The highest BCUT2D eigenvalue weighted by Gasteiger charge is 2.23. The van der Waals surface area contributed by atoms with Crippen LogP contribution in [0.3, 0.4) is 0 Å². The van der Waals surface area contributed by atoms with E-state index in [1.807, 2.05) is 128 Å². The summed E-state index contributed by atoms with van der Waals surface area (Å²) in [4.78, 5) is 19.8. The Bertz CT molecular complexity index is 3690. The molecule has 0 amide bonds. The van der Waals surface area contributed by atoms with Gasteiger partial charge in [-0.1, -0.05) is 72.8 Å². The van der Waals surface area contributed by atoms with E-state index in [2.05, 4.69) is 50.5 Å². The Morgan fingerprint density at radius 3 is 1.17 bits per heavy atom. The summed E-state index contributed by atoms with van der Waals surface area (Å²) in [6.45, 7) is 0. The lowest BCUT2D eigenvalue weighted by molar-refractivity contribution is 1.07. The van der Waals surface area contributed by atoms with Crippen LogP contribution in [0.25, 0.3) is 100 Å². The third-order valence-corrected chi connectivity index (χ3v) is 11.6. The molecule has 294 valence electrons. The molecule has 0 aliphatic heterocycles. The van der Waals surface area contributed by atoms with Gasteiger partial charge in [-0.15, -0.1) is 0 Å². The van der Waals surface area contributed by atoms with Crippen molar-refractivity contribution in [3.63, 3.8) is 0 Å². The molecule has 4 heterocycles. The van der Waals surface area contributed by atoms with Crippen LogP contribution in [0, 0.1) is 45.3 Å². The van der Waals surface area contributed by atoms with Crippen molar-refractivity contribution in [2.45, 2.75) is 0 Å². The highest BCUT2D eigenvalue weighted by molar-refractivity contribution is 6.12. The molecular weight excluding hydrogens is 789 g/mol. The smallest absolute Gasteiger partial charge is 0.164 e. The molecule has 0 N–H and O–H groups in total. The molecule has 0 aliphatic carbocycles. The van der Waals surface area contributed by atoms with Crippen LogP contribution >= 0.6 is 0 Å². The van der Waals surface area contributed by atoms with Crippen LogP contribution in [-0.2, 0) is 0 Å². The van der Waals surface area contributed by atoms with E-state index in [4.69, 9.17) is 15.0 Å². The van der Waals surface area contributed by atoms with Crippen molar-refractivity contribution in [3.05, 3.63) is 192 Å². The Morgan fingerprint density at radius 1 is 0.359 bits per heavy atom. The maximum atomic E-state index is 10.0. The molecule has 0 bridgehead atoms. The highest BCUT2D eigenvalue weighted by atomic mass is 15.0. The van der Waals surface area contributed by atoms with E-state index >= 15 is 0 Å². The van der Waals surface area contributed by atoms with E-state index in [0.717, 1.165) is 82.8 Å². The van der Waals surface area contributed by atoms with Gasteiger partial charge in [0.05, 0.1) is 86.2 Å². The first-order valence-electron chi connectivity index (χ1n) is 20.3. The number of rotatable bonds is 6. The molecule has 0 atom stereocenters. The number of hydrogen-bond acceptors (Lipinski definition) is 8. The SMILES string of the molecule is N#Cc1ccc2c(c1)c1cc(C#N)ccc1n2-c1cnccc1-c1ccc(-c2nc(-c3ccccc3)nc(-c3ccccc3)n2)cc1-n1c2ccc(C#N)cc2c2cc(C#N)ccc21. The summed E-state index contributed by atoms with van der Waals surface area (Å²) in [5.74, 6) is 1.53. The Kier molecular flexibility index (Phi) is 8.77. The van der Waals surface area contributed by atoms with Gasteiger partial charge < -0.3 is 9.13 Å². The normalized spacial score (nSPS) is 11.1. The fraction of sp³-hybridized carbons (Fsp3) is 0. The summed E-state index contributed by atoms with van der Waals surface area (Å²) in [5, 5.41) is 43.1. The molecule has 7 aromatic carbocycles. The third kappa shape index (κ3) is 6.08. The molecule has 0 fully saturated rings. The largest absolute Gasteiger partial charge is 0.309 e. The average Bonchev–Trinajstić information content (AvgIpc) is 3.87. The first kappa shape index (κ1) is 37.3. The molecule has 4 aromatic heterocycles. The van der Waals surface area contributed by atoms with Crippen LogP contribution < -0.4 is 0 Å². The van der Waals surface area contributed by atoms with Crippen molar-refractivity contribution in [1.82, 2.24) is 29.1 Å². The fourth-order valence-electron chi connectivity index (χ4n) is 8.66. The van der Waals surface area contributed by atoms with E-state index < -0.39 is 0 Å². The van der Waals surface area contributed by atoms with Crippen molar-refractivity contribution in [2.24, 2.45) is 0 Å². The number of fused-ring (bicyclic) bond motifs is 6. The van der Waals surface area contributed by atoms with Crippen LogP contribution in [0.1, 0.15) is 22.3 Å². The molecule has 0 saturated carbocycles. The minimum Gasteiger partial charge on any atom is -0.309 e. The molecule has 10 heteroatoms. The first-order valence-corrected chi connectivity index (χ1v) is 20.3. The predicted octanol–water partition coefficient (Wildman–Crippen LogP) is 11.6. The van der Waals surface area contributed by atoms with Gasteiger partial charge in [0.15, 0.2) is 17.5 Å². The number of nitrogens with zero attached hydrogens (tertiary/aromatic N) is 10. The summed E-state index contributed by atoms with van der Waals surface area (Å²) in [5.41, 5.74) is 11.0. The lowest BCUT2D eigenvalue weighted by atomic mass is 9.99. The highest BCUT2D eigenvalue weighted by Crippen LogP contribution is 2.42. The van der Waals surface area contributed by atoms with Gasteiger partial charge in [0.25, 0.3) is 0 Å². The van der Waals surface area contributed by atoms with Gasteiger partial charge in [-0.3, -0.25) is 4.98 Å². The van der Waals surface area contributed by atoms with Crippen LogP contribution in [0.4, 0.5) is 0 Å². The van der Waals surface area contributed by atoms with Gasteiger partial charge in [-0.2, -0.15) is 21.0 Å². The summed E-state index contributed by atoms with van der Waals surface area (Å²) in [6.07, 6.45) is 3.59. The van der Waals surface area contributed by atoms with Crippen molar-refractivity contribution in [1.29, 1.82) is 21.0 Å². The predicted molar refractivity (Wildman–Crippen MR) is 247 cm³/mol. The second-order valence-electron chi connectivity index (χ2n) is 15.2. The molecule has 0 aliphatic rings. The minimum atomic E-state index is 0.471. The first-order chi connectivity index (χ1) is 31.5. The van der Waals surface area contributed by atoms with Gasteiger partial charge in [0, 0.05) is 55.6 Å². The molecule has 0 spiro atoms. The molecule has 11 rings (SSSR count). The molecule has 0 unspecified atom stereocenters. The third-order valence-electron chi connectivity index (χ3n) is 11.6. The second-order valence-corrected chi connectivity index (χ2v) is 15.2. The Balaban J connectivity index is 1.23. The van der Waals surface area contributed by atoms with Crippen molar-refractivity contribution < 1.29 is 0 Å². The number of pyridine rings is 1. The topological polar surface area (TPSA) is 157 Å². The molecule has 0 radical (unpaired) electrons. The van der Waals surface area contributed by atoms with Crippen molar-refractivity contribution in [2.75, 3.05) is 0 Å². The van der Waals surface area contributed by atoms with Crippen molar-refractivity contribution >= 4 is 43.6 Å². The zero-order chi connectivity index (χ0) is 43.3. The Labute approximate surface area is 365 Å². The van der Waals surface area contributed by atoms with Crippen molar-refractivity contribution in [3.8, 4) is 80.9 Å². The second kappa shape index (κ2) is 15.1. The molecular formula is C54H28N10. The number of aromatic nitrogens is 6. The minimum absolute atomic E-state index is 0.471. The molecule has 11 aromatic rings. The summed E-state index contributed by atoms with van der Waals surface area (Å²) in [6, 6.07) is 59.3. The Morgan fingerprint density at radius 2 is 0.750 bits per heavy atom. The van der Waals surface area contributed by atoms with E-state index in [0.29, 0.717) is 39.7 Å². The number of hydrogen-bond donors (Lipinski definition) is 0.